The molecule has 0 radical (unpaired) electrons. The summed E-state index contributed by atoms with van der Waals surface area (Å²) in [5, 5.41) is 5.07. The summed E-state index contributed by atoms with van der Waals surface area (Å²) < 4.78 is 12.7. The highest BCUT2D eigenvalue weighted by Gasteiger charge is 2.17. The first-order chi connectivity index (χ1) is 15.7. The molecule has 2 N–H and O–H groups in total. The topological polar surface area (TPSA) is 77.2 Å². The molecular formula is C25H31N6OP. The number of hydrogen-bond donors (Lipinski definition) is 2. The highest BCUT2D eigenvalue weighted by Crippen LogP contribution is 2.38. The Kier molecular flexibility index (Phi) is 6.54. The van der Waals surface area contributed by atoms with Gasteiger partial charge in [-0.2, -0.15) is 0 Å². The van der Waals surface area contributed by atoms with E-state index in [1.54, 1.807) is 13.3 Å². The van der Waals surface area contributed by atoms with Crippen LogP contribution in [0.2, 0.25) is 0 Å². The van der Waals surface area contributed by atoms with Gasteiger partial charge in [-0.25, -0.2) is 9.97 Å². The van der Waals surface area contributed by atoms with E-state index in [2.05, 4.69) is 81.5 Å². The van der Waals surface area contributed by atoms with Crippen molar-refractivity contribution in [1.29, 1.82) is 0 Å². The van der Waals surface area contributed by atoms with E-state index in [9.17, 15) is 4.57 Å². The smallest absolute Gasteiger partial charge is 0.143 e. The van der Waals surface area contributed by atoms with Gasteiger partial charge in [-0.1, -0.05) is 24.3 Å². The molecule has 0 atom stereocenters. The van der Waals surface area contributed by atoms with E-state index in [0.717, 1.165) is 46.4 Å². The van der Waals surface area contributed by atoms with E-state index in [0.29, 0.717) is 5.82 Å². The van der Waals surface area contributed by atoms with Crippen molar-refractivity contribution in [2.24, 2.45) is 0 Å². The number of benzene rings is 2. The van der Waals surface area contributed by atoms with Gasteiger partial charge in [0.15, 0.2) is 0 Å². The normalized spacial score (nSPS) is 11.8. The number of nitrogens with one attached hydrogen (secondary N) is 2. The molecule has 2 aromatic heterocycles. The van der Waals surface area contributed by atoms with Crippen LogP contribution in [-0.4, -0.2) is 67.4 Å². The number of hydrogen-bond acceptors (Lipinski definition) is 6. The van der Waals surface area contributed by atoms with Gasteiger partial charge in [-0.15, -0.1) is 0 Å². The summed E-state index contributed by atoms with van der Waals surface area (Å²) >= 11 is 0. The molecule has 0 bridgehead atoms. The number of H-pyrrole nitrogens is 1. The highest BCUT2D eigenvalue weighted by atomic mass is 31.2. The zero-order chi connectivity index (χ0) is 23.6. The first-order valence-electron chi connectivity index (χ1n) is 10.9. The summed E-state index contributed by atoms with van der Waals surface area (Å²) in [6.45, 7) is 5.52. The van der Waals surface area contributed by atoms with Crippen molar-refractivity contribution in [1.82, 2.24) is 19.9 Å². The molecule has 0 amide bonds. The van der Waals surface area contributed by atoms with Crippen LogP contribution < -0.4 is 15.5 Å². The lowest BCUT2D eigenvalue weighted by Crippen LogP contribution is -2.28. The molecule has 2 heterocycles. The molecule has 4 rings (SSSR count). The molecule has 2 aromatic carbocycles. The molecule has 172 valence electrons. The largest absolute Gasteiger partial charge is 0.373 e. The average Bonchev–Trinajstić information content (AvgIpc) is 3.23. The summed E-state index contributed by atoms with van der Waals surface area (Å²) in [6, 6.07) is 18.2. The Hall–Kier alpha value is -3.15. The molecule has 0 aliphatic rings. The van der Waals surface area contributed by atoms with Crippen LogP contribution in [0.15, 0.2) is 60.9 Å². The third-order valence-corrected chi connectivity index (χ3v) is 7.21. The van der Waals surface area contributed by atoms with Crippen molar-refractivity contribution in [3.05, 3.63) is 60.9 Å². The van der Waals surface area contributed by atoms with E-state index >= 15 is 0 Å². The summed E-state index contributed by atoms with van der Waals surface area (Å²) in [6.07, 6.45) is 1.54. The number of likely N-dealkylation sites (N-methyl/N-ethyl adjacent to an activating group) is 2. The lowest BCUT2D eigenvalue weighted by Gasteiger charge is -2.21. The van der Waals surface area contributed by atoms with Gasteiger partial charge in [-0.05, 0) is 63.3 Å². The summed E-state index contributed by atoms with van der Waals surface area (Å²) in [5.74, 6) is 0.684. The number of nitrogens with zero attached hydrogens (tertiary/aromatic N) is 4. The molecule has 33 heavy (non-hydrogen) atoms. The van der Waals surface area contributed by atoms with E-state index in [-0.39, 0.29) is 0 Å². The number of rotatable bonds is 8. The van der Waals surface area contributed by atoms with Crippen LogP contribution in [0.3, 0.4) is 0 Å². The van der Waals surface area contributed by atoms with Crippen LogP contribution in [0.1, 0.15) is 0 Å². The highest BCUT2D eigenvalue weighted by molar-refractivity contribution is 7.70. The van der Waals surface area contributed by atoms with Crippen molar-refractivity contribution < 1.29 is 4.57 Å². The maximum atomic E-state index is 12.7. The van der Waals surface area contributed by atoms with Crippen LogP contribution >= 0.6 is 7.14 Å². The number of aromatic nitrogens is 3. The lowest BCUT2D eigenvalue weighted by molar-refractivity contribution is 0.416. The van der Waals surface area contributed by atoms with Crippen LogP contribution in [0.4, 0.5) is 17.2 Å². The molecular weight excluding hydrogens is 431 g/mol. The average molecular weight is 463 g/mol. The number of aromatic amines is 1. The Morgan fingerprint density at radius 2 is 1.70 bits per heavy atom. The second-order valence-corrected chi connectivity index (χ2v) is 12.1. The quantitative estimate of drug-likeness (QED) is 0.372. The van der Waals surface area contributed by atoms with Crippen molar-refractivity contribution in [2.75, 3.05) is 57.8 Å². The van der Waals surface area contributed by atoms with E-state index in [1.807, 2.05) is 24.3 Å². The first-order valence-corrected chi connectivity index (χ1v) is 13.5. The van der Waals surface area contributed by atoms with Crippen molar-refractivity contribution in [3.8, 4) is 11.3 Å². The standard InChI is InChI=1S/C25H31N6OP/c1-30(2)14-15-31(3)19-12-10-18(11-13-19)22-16-20-24(26-17-27-25(20)29-22)28-21-8-6-7-9-23(21)33(4,5)32/h6-13,16-17H,14-15H2,1-5H3,(H2,26,27,28,29). The number of anilines is 3. The van der Waals surface area contributed by atoms with Crippen LogP contribution in [-0.2, 0) is 4.57 Å². The number of fused-ring (bicyclic) bond motifs is 1. The Morgan fingerprint density at radius 1 is 0.970 bits per heavy atom. The van der Waals surface area contributed by atoms with Crippen LogP contribution in [0.5, 0.6) is 0 Å². The van der Waals surface area contributed by atoms with Gasteiger partial charge in [-0.3, -0.25) is 0 Å². The molecule has 8 heteroatoms. The predicted octanol–water partition coefficient (Wildman–Crippen LogP) is 4.61. The molecule has 0 saturated heterocycles. The van der Waals surface area contributed by atoms with Gasteiger partial charge < -0.3 is 24.7 Å². The maximum absolute atomic E-state index is 12.7. The minimum absolute atomic E-state index is 0.684. The van der Waals surface area contributed by atoms with Crippen LogP contribution in [0.25, 0.3) is 22.3 Å². The second-order valence-electron chi connectivity index (χ2n) is 8.93. The summed E-state index contributed by atoms with van der Waals surface area (Å²) in [5.41, 5.74) is 4.79. The minimum Gasteiger partial charge on any atom is -0.373 e. The first kappa shape index (κ1) is 23.0. The van der Waals surface area contributed by atoms with Gasteiger partial charge in [0.25, 0.3) is 0 Å². The van der Waals surface area contributed by atoms with Gasteiger partial charge in [0.05, 0.1) is 11.1 Å². The van der Waals surface area contributed by atoms with Gasteiger partial charge in [0, 0.05) is 36.8 Å². The zero-order valence-corrected chi connectivity index (χ0v) is 20.7. The minimum atomic E-state index is -2.44. The van der Waals surface area contributed by atoms with E-state index in [1.165, 1.54) is 12.0 Å². The SMILES string of the molecule is CN(C)CCN(C)c1ccc(-c2cc3c(Nc4ccccc4P(C)(C)=O)ncnc3[nH]2)cc1. The Balaban J connectivity index is 1.62. The second kappa shape index (κ2) is 9.38. The van der Waals surface area contributed by atoms with Crippen molar-refractivity contribution in [2.45, 2.75) is 0 Å². The molecule has 4 aromatic rings. The molecule has 0 unspecified atom stereocenters. The van der Waals surface area contributed by atoms with E-state index in [4.69, 9.17) is 0 Å². The zero-order valence-electron chi connectivity index (χ0n) is 19.8. The van der Waals surface area contributed by atoms with Crippen LogP contribution in [0, 0.1) is 0 Å². The lowest BCUT2D eigenvalue weighted by atomic mass is 10.1. The van der Waals surface area contributed by atoms with E-state index < -0.39 is 7.14 Å². The number of para-hydroxylation sites is 1. The van der Waals surface area contributed by atoms with Crippen molar-refractivity contribution in [3.63, 3.8) is 0 Å². The Labute approximate surface area is 195 Å². The molecule has 0 saturated carbocycles. The Morgan fingerprint density at radius 3 is 2.39 bits per heavy atom. The summed E-state index contributed by atoms with van der Waals surface area (Å²) in [4.78, 5) is 16.7. The maximum Gasteiger partial charge on any atom is 0.143 e. The van der Waals surface area contributed by atoms with Gasteiger partial charge in [0.2, 0.25) is 0 Å². The van der Waals surface area contributed by atoms with Crippen molar-refractivity contribution >= 4 is 40.7 Å². The molecule has 7 nitrogen and oxygen atoms in total. The monoisotopic (exact) mass is 462 g/mol. The molecule has 0 aliphatic carbocycles. The molecule has 0 fully saturated rings. The van der Waals surface area contributed by atoms with Gasteiger partial charge >= 0.3 is 0 Å². The fourth-order valence-corrected chi connectivity index (χ4v) is 4.90. The Bertz CT molecular complexity index is 1290. The summed E-state index contributed by atoms with van der Waals surface area (Å²) in [7, 11) is 3.84. The third kappa shape index (κ3) is 5.27. The van der Waals surface area contributed by atoms with Gasteiger partial charge in [0.1, 0.15) is 24.9 Å². The fraction of sp³-hybridized carbons (Fsp3) is 0.280. The third-order valence-electron chi connectivity index (χ3n) is 5.66. The predicted molar refractivity (Wildman–Crippen MR) is 140 cm³/mol. The molecule has 0 aliphatic heterocycles. The molecule has 0 spiro atoms. The fourth-order valence-electron chi connectivity index (χ4n) is 3.75.